The number of halogens is 2. The van der Waals surface area contributed by atoms with Gasteiger partial charge >= 0.3 is 0 Å². The van der Waals surface area contributed by atoms with Crippen molar-refractivity contribution >= 4 is 0 Å². The fourth-order valence-electron chi connectivity index (χ4n) is 1.13. The van der Waals surface area contributed by atoms with Gasteiger partial charge in [0.1, 0.15) is 11.6 Å². The molecule has 0 bridgehead atoms. The standard InChI is InChI=1S/C9H11F2N/c1-9(2,3)8-6(10)4-12-5-7(8)11/h4-5H,1-3H3. The number of pyridine rings is 1. The van der Waals surface area contributed by atoms with E-state index in [-0.39, 0.29) is 5.56 Å². The van der Waals surface area contributed by atoms with E-state index in [0.717, 1.165) is 12.4 Å². The first-order valence-corrected chi connectivity index (χ1v) is 3.72. The maximum absolute atomic E-state index is 13.0. The molecule has 0 aliphatic carbocycles. The molecule has 0 amide bonds. The Hall–Kier alpha value is -0.990. The lowest BCUT2D eigenvalue weighted by atomic mass is 9.87. The Morgan fingerprint density at radius 2 is 1.50 bits per heavy atom. The third-order valence-electron chi connectivity index (χ3n) is 1.60. The summed E-state index contributed by atoms with van der Waals surface area (Å²) in [5.74, 6) is -1.16. The highest BCUT2D eigenvalue weighted by Gasteiger charge is 2.22. The molecule has 1 aromatic heterocycles. The van der Waals surface area contributed by atoms with Crippen LogP contribution in [-0.2, 0) is 5.41 Å². The highest BCUT2D eigenvalue weighted by atomic mass is 19.1. The summed E-state index contributed by atoms with van der Waals surface area (Å²) in [5.41, 5.74) is -0.422. The van der Waals surface area contributed by atoms with Gasteiger partial charge < -0.3 is 0 Å². The molecule has 3 heteroatoms. The molecular formula is C9H11F2N. The third kappa shape index (κ3) is 1.60. The van der Waals surface area contributed by atoms with Crippen LogP contribution in [0.25, 0.3) is 0 Å². The molecule has 0 aromatic carbocycles. The molecule has 1 rings (SSSR count). The van der Waals surface area contributed by atoms with Crippen molar-refractivity contribution in [3.63, 3.8) is 0 Å². The molecule has 0 unspecified atom stereocenters. The van der Waals surface area contributed by atoms with Gasteiger partial charge in [0.2, 0.25) is 0 Å². The van der Waals surface area contributed by atoms with E-state index < -0.39 is 17.0 Å². The van der Waals surface area contributed by atoms with Crippen molar-refractivity contribution in [2.45, 2.75) is 26.2 Å². The van der Waals surface area contributed by atoms with Crippen LogP contribution in [-0.4, -0.2) is 4.98 Å². The Bertz CT molecular complexity index is 269. The van der Waals surface area contributed by atoms with Gasteiger partial charge in [-0.05, 0) is 5.41 Å². The summed E-state index contributed by atoms with van der Waals surface area (Å²) in [6.45, 7) is 5.28. The van der Waals surface area contributed by atoms with Gasteiger partial charge in [-0.25, -0.2) is 8.78 Å². The predicted octanol–water partition coefficient (Wildman–Crippen LogP) is 2.66. The molecule has 0 N–H and O–H groups in total. The minimum absolute atomic E-state index is 0.0949. The first-order chi connectivity index (χ1) is 5.43. The topological polar surface area (TPSA) is 12.9 Å². The number of hydrogen-bond acceptors (Lipinski definition) is 1. The minimum Gasteiger partial charge on any atom is -0.259 e. The summed E-state index contributed by atoms with van der Waals surface area (Å²) in [5, 5.41) is 0. The fourth-order valence-corrected chi connectivity index (χ4v) is 1.13. The Labute approximate surface area is 70.4 Å². The molecule has 0 saturated carbocycles. The van der Waals surface area contributed by atoms with Gasteiger partial charge in [0.25, 0.3) is 0 Å². The second-order valence-electron chi connectivity index (χ2n) is 3.73. The Balaban J connectivity index is 3.31. The van der Waals surface area contributed by atoms with Gasteiger partial charge in [0.05, 0.1) is 12.4 Å². The Kier molecular flexibility index (Phi) is 2.13. The first-order valence-electron chi connectivity index (χ1n) is 3.72. The van der Waals surface area contributed by atoms with E-state index in [0.29, 0.717) is 0 Å². The molecule has 0 atom stereocenters. The quantitative estimate of drug-likeness (QED) is 0.584. The van der Waals surface area contributed by atoms with Gasteiger partial charge in [-0.1, -0.05) is 20.8 Å². The molecule has 1 heterocycles. The van der Waals surface area contributed by atoms with Crippen LogP contribution in [0.3, 0.4) is 0 Å². The molecule has 1 aromatic rings. The van der Waals surface area contributed by atoms with E-state index >= 15 is 0 Å². The minimum atomic E-state index is -0.581. The average molecular weight is 171 g/mol. The van der Waals surface area contributed by atoms with Crippen LogP contribution >= 0.6 is 0 Å². The highest BCUT2D eigenvalue weighted by Crippen LogP contribution is 2.26. The molecule has 0 aliphatic rings. The van der Waals surface area contributed by atoms with Crippen molar-refractivity contribution in [2.75, 3.05) is 0 Å². The first kappa shape index (κ1) is 9.10. The zero-order chi connectivity index (χ0) is 9.35. The van der Waals surface area contributed by atoms with Crippen LogP contribution < -0.4 is 0 Å². The molecule has 0 fully saturated rings. The van der Waals surface area contributed by atoms with Crippen LogP contribution in [0, 0.1) is 11.6 Å². The van der Waals surface area contributed by atoms with E-state index in [1.165, 1.54) is 0 Å². The number of hydrogen-bond donors (Lipinski definition) is 0. The van der Waals surface area contributed by atoms with E-state index in [1.807, 2.05) is 0 Å². The largest absolute Gasteiger partial charge is 0.259 e. The molecule has 66 valence electrons. The fraction of sp³-hybridized carbons (Fsp3) is 0.444. The normalized spacial score (nSPS) is 11.8. The zero-order valence-electron chi connectivity index (χ0n) is 7.36. The second kappa shape index (κ2) is 2.81. The van der Waals surface area contributed by atoms with Crippen LogP contribution in [0.1, 0.15) is 26.3 Å². The SMILES string of the molecule is CC(C)(C)c1c(F)cncc1F. The predicted molar refractivity (Wildman–Crippen MR) is 42.9 cm³/mol. The average Bonchev–Trinajstić information content (AvgIpc) is 1.82. The van der Waals surface area contributed by atoms with Crippen molar-refractivity contribution in [1.29, 1.82) is 0 Å². The van der Waals surface area contributed by atoms with Crippen molar-refractivity contribution in [1.82, 2.24) is 4.98 Å². The molecule has 0 spiro atoms. The number of nitrogens with zero attached hydrogens (tertiary/aromatic N) is 1. The van der Waals surface area contributed by atoms with Crippen molar-refractivity contribution in [3.05, 3.63) is 29.6 Å². The molecule has 0 radical (unpaired) electrons. The molecular weight excluding hydrogens is 160 g/mol. The van der Waals surface area contributed by atoms with Crippen molar-refractivity contribution in [3.8, 4) is 0 Å². The second-order valence-corrected chi connectivity index (χ2v) is 3.73. The zero-order valence-corrected chi connectivity index (χ0v) is 7.36. The van der Waals surface area contributed by atoms with Crippen molar-refractivity contribution in [2.24, 2.45) is 0 Å². The van der Waals surface area contributed by atoms with Gasteiger partial charge in [0.15, 0.2) is 0 Å². The van der Waals surface area contributed by atoms with E-state index in [4.69, 9.17) is 0 Å². The Morgan fingerprint density at radius 1 is 1.08 bits per heavy atom. The summed E-state index contributed by atoms with van der Waals surface area (Å²) >= 11 is 0. The molecule has 0 saturated heterocycles. The lowest BCUT2D eigenvalue weighted by molar-refractivity contribution is 0.470. The third-order valence-corrected chi connectivity index (χ3v) is 1.60. The summed E-state index contributed by atoms with van der Waals surface area (Å²) in [7, 11) is 0. The lowest BCUT2D eigenvalue weighted by Gasteiger charge is -2.19. The smallest absolute Gasteiger partial charge is 0.148 e. The van der Waals surface area contributed by atoms with Crippen LogP contribution in [0.2, 0.25) is 0 Å². The maximum atomic E-state index is 13.0. The van der Waals surface area contributed by atoms with E-state index in [9.17, 15) is 8.78 Å². The van der Waals surface area contributed by atoms with Crippen molar-refractivity contribution < 1.29 is 8.78 Å². The number of aromatic nitrogens is 1. The number of rotatable bonds is 0. The van der Waals surface area contributed by atoms with E-state index in [2.05, 4.69) is 4.98 Å². The van der Waals surface area contributed by atoms with Gasteiger partial charge in [0, 0.05) is 5.56 Å². The summed E-state index contributed by atoms with van der Waals surface area (Å²) in [6, 6.07) is 0. The summed E-state index contributed by atoms with van der Waals surface area (Å²) in [6.07, 6.45) is 2.06. The van der Waals surface area contributed by atoms with Gasteiger partial charge in [-0.15, -0.1) is 0 Å². The monoisotopic (exact) mass is 171 g/mol. The summed E-state index contributed by atoms with van der Waals surface area (Å²) in [4.78, 5) is 3.41. The van der Waals surface area contributed by atoms with Crippen LogP contribution in [0.5, 0.6) is 0 Å². The van der Waals surface area contributed by atoms with Gasteiger partial charge in [-0.2, -0.15) is 0 Å². The maximum Gasteiger partial charge on any atom is 0.148 e. The summed E-state index contributed by atoms with van der Waals surface area (Å²) < 4.78 is 26.1. The van der Waals surface area contributed by atoms with Crippen LogP contribution in [0.15, 0.2) is 12.4 Å². The van der Waals surface area contributed by atoms with E-state index in [1.54, 1.807) is 20.8 Å². The molecule has 1 nitrogen and oxygen atoms in total. The van der Waals surface area contributed by atoms with Gasteiger partial charge in [-0.3, -0.25) is 4.98 Å². The lowest BCUT2D eigenvalue weighted by Crippen LogP contribution is -2.16. The molecule has 12 heavy (non-hydrogen) atoms. The molecule has 0 aliphatic heterocycles. The van der Waals surface area contributed by atoms with Crippen LogP contribution in [0.4, 0.5) is 8.78 Å². The Morgan fingerprint density at radius 3 is 1.75 bits per heavy atom. The highest BCUT2D eigenvalue weighted by molar-refractivity contribution is 5.23.